The van der Waals surface area contributed by atoms with Gasteiger partial charge in [0.2, 0.25) is 5.82 Å². The second-order valence-electron chi connectivity index (χ2n) is 3.91. The molecule has 2 aromatic rings. The lowest BCUT2D eigenvalue weighted by atomic mass is 10.2. The first-order valence-corrected chi connectivity index (χ1v) is 5.51. The van der Waals surface area contributed by atoms with Gasteiger partial charge in [0.15, 0.2) is 0 Å². The van der Waals surface area contributed by atoms with Crippen LogP contribution < -0.4 is 5.73 Å². The van der Waals surface area contributed by atoms with Gasteiger partial charge < -0.3 is 15.0 Å². The van der Waals surface area contributed by atoms with Crippen LogP contribution in [0.5, 0.6) is 0 Å². The van der Waals surface area contributed by atoms with Crippen molar-refractivity contribution < 1.29 is 9.26 Å². The van der Waals surface area contributed by atoms with Crippen molar-refractivity contribution in [1.29, 1.82) is 0 Å². The molecule has 0 radical (unpaired) electrons. The molecule has 3 heterocycles. The molecule has 6 nitrogen and oxygen atoms in total. The average Bonchev–Trinajstić information content (AvgIpc) is 3.00. The van der Waals surface area contributed by atoms with Gasteiger partial charge in [-0.3, -0.25) is 0 Å². The fourth-order valence-electron chi connectivity index (χ4n) is 1.82. The number of halogens is 1. The minimum Gasteiger partial charge on any atom is -0.384 e. The minimum absolute atomic E-state index is 0. The van der Waals surface area contributed by atoms with Crippen molar-refractivity contribution in [2.75, 3.05) is 12.3 Å². The molecule has 0 aromatic carbocycles. The molecular weight excluding hydrogens is 256 g/mol. The van der Waals surface area contributed by atoms with E-state index in [2.05, 4.69) is 15.1 Å². The highest BCUT2D eigenvalue weighted by atomic mass is 35.5. The second-order valence-corrected chi connectivity index (χ2v) is 3.91. The summed E-state index contributed by atoms with van der Waals surface area (Å²) >= 11 is 0. The van der Waals surface area contributed by atoms with Gasteiger partial charge in [0.25, 0.3) is 5.89 Å². The van der Waals surface area contributed by atoms with Gasteiger partial charge in [-0.25, -0.2) is 4.98 Å². The molecule has 18 heavy (non-hydrogen) atoms. The predicted molar refractivity (Wildman–Crippen MR) is 67.1 cm³/mol. The van der Waals surface area contributed by atoms with Crippen LogP contribution in [0, 0.1) is 0 Å². The van der Waals surface area contributed by atoms with Crippen LogP contribution in [0.3, 0.4) is 0 Å². The maximum absolute atomic E-state index is 5.60. The second kappa shape index (κ2) is 5.32. The fraction of sp³-hybridized carbons (Fsp3) is 0.364. The summed E-state index contributed by atoms with van der Waals surface area (Å²) in [4.78, 5) is 8.41. The SMILES string of the molecule is Cl.Nc1cccc(-c2nc(C3CCCO3)no2)n1. The number of ether oxygens (including phenoxy) is 1. The Balaban J connectivity index is 0.00000120. The molecule has 1 unspecified atom stereocenters. The Kier molecular flexibility index (Phi) is 3.78. The van der Waals surface area contributed by atoms with Crippen LogP contribution in [0.25, 0.3) is 11.6 Å². The molecule has 7 heteroatoms. The molecule has 0 amide bonds. The van der Waals surface area contributed by atoms with Crippen molar-refractivity contribution in [3.8, 4) is 11.6 Å². The Labute approximate surface area is 110 Å². The third-order valence-electron chi connectivity index (χ3n) is 2.65. The van der Waals surface area contributed by atoms with Crippen LogP contribution in [0.4, 0.5) is 5.82 Å². The van der Waals surface area contributed by atoms with Crippen LogP contribution in [0.1, 0.15) is 24.8 Å². The molecule has 3 rings (SSSR count). The zero-order valence-electron chi connectivity index (χ0n) is 9.57. The van der Waals surface area contributed by atoms with Gasteiger partial charge in [-0.2, -0.15) is 4.98 Å². The van der Waals surface area contributed by atoms with E-state index in [0.717, 1.165) is 19.4 Å². The molecule has 1 saturated heterocycles. The maximum Gasteiger partial charge on any atom is 0.276 e. The van der Waals surface area contributed by atoms with E-state index in [1.807, 2.05) is 0 Å². The summed E-state index contributed by atoms with van der Waals surface area (Å²) in [6, 6.07) is 5.29. The van der Waals surface area contributed by atoms with Crippen molar-refractivity contribution in [2.24, 2.45) is 0 Å². The highest BCUT2D eigenvalue weighted by molar-refractivity contribution is 5.85. The summed E-state index contributed by atoms with van der Waals surface area (Å²) in [5.74, 6) is 1.39. The number of hydrogen-bond donors (Lipinski definition) is 1. The van der Waals surface area contributed by atoms with Gasteiger partial charge in [-0.1, -0.05) is 11.2 Å². The van der Waals surface area contributed by atoms with Crippen molar-refractivity contribution in [3.05, 3.63) is 24.0 Å². The molecule has 96 valence electrons. The Morgan fingerprint density at radius 3 is 2.89 bits per heavy atom. The number of aromatic nitrogens is 3. The number of nitrogen functional groups attached to an aromatic ring is 1. The van der Waals surface area contributed by atoms with E-state index in [1.165, 1.54) is 0 Å². The van der Waals surface area contributed by atoms with Crippen LogP contribution >= 0.6 is 12.4 Å². The molecule has 0 spiro atoms. The largest absolute Gasteiger partial charge is 0.384 e. The molecular formula is C11H13ClN4O2. The smallest absolute Gasteiger partial charge is 0.276 e. The first-order chi connectivity index (χ1) is 8.33. The summed E-state index contributed by atoms with van der Waals surface area (Å²) in [6.45, 7) is 0.755. The molecule has 1 aliphatic heterocycles. The first-order valence-electron chi connectivity index (χ1n) is 5.51. The Hall–Kier alpha value is -1.66. The first kappa shape index (κ1) is 12.8. The van der Waals surface area contributed by atoms with Crippen molar-refractivity contribution in [3.63, 3.8) is 0 Å². The molecule has 0 saturated carbocycles. The van der Waals surface area contributed by atoms with Gasteiger partial charge >= 0.3 is 0 Å². The van der Waals surface area contributed by atoms with Crippen molar-refractivity contribution in [2.45, 2.75) is 18.9 Å². The van der Waals surface area contributed by atoms with E-state index in [-0.39, 0.29) is 18.5 Å². The van der Waals surface area contributed by atoms with Gasteiger partial charge in [0.1, 0.15) is 17.6 Å². The Morgan fingerprint density at radius 1 is 1.28 bits per heavy atom. The summed E-state index contributed by atoms with van der Waals surface area (Å²) in [6.07, 6.45) is 1.92. The maximum atomic E-state index is 5.60. The van der Waals surface area contributed by atoms with E-state index in [1.54, 1.807) is 18.2 Å². The zero-order chi connectivity index (χ0) is 11.7. The van der Waals surface area contributed by atoms with E-state index in [9.17, 15) is 0 Å². The zero-order valence-corrected chi connectivity index (χ0v) is 10.4. The van der Waals surface area contributed by atoms with Gasteiger partial charge in [-0.15, -0.1) is 12.4 Å². The van der Waals surface area contributed by atoms with Gasteiger partial charge in [0.05, 0.1) is 0 Å². The number of rotatable bonds is 2. The summed E-state index contributed by atoms with van der Waals surface area (Å²) in [7, 11) is 0. The highest BCUT2D eigenvalue weighted by Crippen LogP contribution is 2.27. The summed E-state index contributed by atoms with van der Waals surface area (Å²) in [5, 5.41) is 3.91. The Bertz CT molecular complexity index is 525. The number of hydrogen-bond acceptors (Lipinski definition) is 6. The lowest BCUT2D eigenvalue weighted by Gasteiger charge is -2.00. The topological polar surface area (TPSA) is 87.1 Å². The number of anilines is 1. The van der Waals surface area contributed by atoms with E-state index < -0.39 is 0 Å². The van der Waals surface area contributed by atoms with Crippen LogP contribution in [-0.2, 0) is 4.74 Å². The third-order valence-corrected chi connectivity index (χ3v) is 2.65. The lowest BCUT2D eigenvalue weighted by Crippen LogP contribution is -1.98. The van der Waals surface area contributed by atoms with E-state index in [4.69, 9.17) is 15.0 Å². The standard InChI is InChI=1S/C11H12N4O2.ClH/c12-9-5-1-3-7(13-9)11-14-10(15-17-11)8-4-2-6-16-8;/h1,3,5,8H,2,4,6H2,(H2,12,13);1H. The molecule has 1 aliphatic rings. The van der Waals surface area contributed by atoms with Gasteiger partial charge in [-0.05, 0) is 25.0 Å². The number of nitrogens with two attached hydrogens (primary N) is 1. The number of nitrogens with zero attached hydrogens (tertiary/aromatic N) is 3. The highest BCUT2D eigenvalue weighted by Gasteiger charge is 2.23. The quantitative estimate of drug-likeness (QED) is 0.896. The lowest BCUT2D eigenvalue weighted by molar-refractivity contribution is 0.103. The van der Waals surface area contributed by atoms with Crippen LogP contribution in [0.2, 0.25) is 0 Å². The van der Waals surface area contributed by atoms with Crippen molar-refractivity contribution >= 4 is 18.2 Å². The summed E-state index contributed by atoms with van der Waals surface area (Å²) in [5.41, 5.74) is 6.18. The Morgan fingerprint density at radius 2 is 2.17 bits per heavy atom. The summed E-state index contributed by atoms with van der Waals surface area (Å²) < 4.78 is 10.6. The molecule has 0 bridgehead atoms. The molecule has 0 aliphatic carbocycles. The third kappa shape index (κ3) is 2.44. The molecule has 2 aromatic heterocycles. The van der Waals surface area contributed by atoms with E-state index in [0.29, 0.717) is 23.2 Å². The fourth-order valence-corrected chi connectivity index (χ4v) is 1.82. The molecule has 1 atom stereocenters. The average molecular weight is 269 g/mol. The predicted octanol–water partition coefficient (Wildman–Crippen LogP) is 1.99. The van der Waals surface area contributed by atoms with Gasteiger partial charge in [0, 0.05) is 6.61 Å². The van der Waals surface area contributed by atoms with E-state index >= 15 is 0 Å². The molecule has 2 N–H and O–H groups in total. The molecule has 1 fully saturated rings. The number of pyridine rings is 1. The van der Waals surface area contributed by atoms with Crippen molar-refractivity contribution in [1.82, 2.24) is 15.1 Å². The normalized spacial score (nSPS) is 18.6. The van der Waals surface area contributed by atoms with Crippen LogP contribution in [0.15, 0.2) is 22.7 Å². The minimum atomic E-state index is -0.0476. The van der Waals surface area contributed by atoms with Crippen LogP contribution in [-0.4, -0.2) is 21.7 Å². The monoisotopic (exact) mass is 268 g/mol.